The smallest absolute Gasteiger partial charge is 0.319 e. The second-order valence-electron chi connectivity index (χ2n) is 4.88. The van der Waals surface area contributed by atoms with Crippen LogP contribution in [0.15, 0.2) is 30.3 Å². The van der Waals surface area contributed by atoms with Gasteiger partial charge in [-0.2, -0.15) is 0 Å². The fourth-order valence-electron chi connectivity index (χ4n) is 1.86. The van der Waals surface area contributed by atoms with Gasteiger partial charge < -0.3 is 10.1 Å². The Bertz CT molecular complexity index is 360. The molecule has 98 valence electrons. The van der Waals surface area contributed by atoms with E-state index in [-0.39, 0.29) is 5.97 Å². The number of esters is 1. The zero-order valence-corrected chi connectivity index (χ0v) is 10.7. The number of hydrogen-bond donors (Lipinski definition) is 1. The van der Waals surface area contributed by atoms with E-state index in [2.05, 4.69) is 17.4 Å². The van der Waals surface area contributed by atoms with Gasteiger partial charge in [0, 0.05) is 0 Å². The lowest BCUT2D eigenvalue weighted by molar-refractivity contribution is -0.142. The van der Waals surface area contributed by atoms with Gasteiger partial charge >= 0.3 is 5.97 Å². The van der Waals surface area contributed by atoms with Gasteiger partial charge in [0.1, 0.15) is 0 Å². The first-order chi connectivity index (χ1) is 8.84. The number of rotatable bonds is 8. The predicted octanol–water partition coefficient (Wildman–Crippen LogP) is 2.16. The van der Waals surface area contributed by atoms with Gasteiger partial charge in [-0.25, -0.2) is 0 Å². The minimum absolute atomic E-state index is 0.135. The summed E-state index contributed by atoms with van der Waals surface area (Å²) >= 11 is 0. The average molecular weight is 247 g/mol. The van der Waals surface area contributed by atoms with Crippen LogP contribution >= 0.6 is 0 Å². The van der Waals surface area contributed by atoms with E-state index in [0.29, 0.717) is 13.2 Å². The molecule has 1 N–H and O–H groups in total. The van der Waals surface area contributed by atoms with E-state index in [0.717, 1.165) is 25.3 Å². The standard InChI is InChI=1S/C15H21NO2/c17-15(12-16-11-14-8-9-14)18-10-4-7-13-5-2-1-3-6-13/h1-3,5-6,14,16H,4,7-12H2. The number of nitrogens with one attached hydrogen (secondary N) is 1. The number of benzene rings is 1. The molecule has 1 aromatic rings. The highest BCUT2D eigenvalue weighted by Gasteiger charge is 2.20. The Morgan fingerprint density at radius 3 is 2.78 bits per heavy atom. The van der Waals surface area contributed by atoms with E-state index in [9.17, 15) is 4.79 Å². The van der Waals surface area contributed by atoms with Crippen LogP contribution < -0.4 is 5.32 Å². The zero-order valence-electron chi connectivity index (χ0n) is 10.7. The molecular formula is C15H21NO2. The molecule has 3 heteroatoms. The van der Waals surface area contributed by atoms with Crippen molar-refractivity contribution in [2.24, 2.45) is 5.92 Å². The highest BCUT2D eigenvalue weighted by atomic mass is 16.5. The van der Waals surface area contributed by atoms with Gasteiger partial charge in [-0.15, -0.1) is 0 Å². The average Bonchev–Trinajstić information content (AvgIpc) is 3.20. The molecule has 1 aliphatic rings. The second-order valence-corrected chi connectivity index (χ2v) is 4.88. The highest BCUT2D eigenvalue weighted by molar-refractivity contribution is 5.71. The molecule has 0 atom stereocenters. The zero-order chi connectivity index (χ0) is 12.6. The van der Waals surface area contributed by atoms with Crippen LogP contribution in [0.1, 0.15) is 24.8 Å². The number of aryl methyl sites for hydroxylation is 1. The van der Waals surface area contributed by atoms with Crippen LogP contribution in [0.2, 0.25) is 0 Å². The summed E-state index contributed by atoms with van der Waals surface area (Å²) in [4.78, 5) is 11.4. The Morgan fingerprint density at radius 2 is 2.06 bits per heavy atom. The maximum atomic E-state index is 11.4. The second kappa shape index (κ2) is 7.17. The number of hydrogen-bond acceptors (Lipinski definition) is 3. The highest BCUT2D eigenvalue weighted by Crippen LogP contribution is 2.27. The van der Waals surface area contributed by atoms with Crippen molar-refractivity contribution in [3.63, 3.8) is 0 Å². The predicted molar refractivity (Wildman–Crippen MR) is 71.3 cm³/mol. The Labute approximate surface area is 109 Å². The molecule has 0 saturated heterocycles. The third-order valence-corrected chi connectivity index (χ3v) is 3.11. The lowest BCUT2D eigenvalue weighted by Crippen LogP contribution is -2.26. The summed E-state index contributed by atoms with van der Waals surface area (Å²) in [6, 6.07) is 10.3. The molecule has 0 heterocycles. The summed E-state index contributed by atoms with van der Waals surface area (Å²) in [6.07, 6.45) is 4.46. The van der Waals surface area contributed by atoms with Gasteiger partial charge in [0.15, 0.2) is 0 Å². The van der Waals surface area contributed by atoms with Crippen molar-refractivity contribution in [1.29, 1.82) is 0 Å². The van der Waals surface area contributed by atoms with E-state index in [1.807, 2.05) is 18.2 Å². The van der Waals surface area contributed by atoms with E-state index in [1.165, 1.54) is 18.4 Å². The third-order valence-electron chi connectivity index (χ3n) is 3.11. The third kappa shape index (κ3) is 5.32. The largest absolute Gasteiger partial charge is 0.465 e. The van der Waals surface area contributed by atoms with Crippen LogP contribution in [0, 0.1) is 5.92 Å². The molecular weight excluding hydrogens is 226 g/mol. The monoisotopic (exact) mass is 247 g/mol. The first kappa shape index (κ1) is 13.1. The molecule has 0 radical (unpaired) electrons. The van der Waals surface area contributed by atoms with Crippen LogP contribution in [0.3, 0.4) is 0 Å². The molecule has 18 heavy (non-hydrogen) atoms. The lowest BCUT2D eigenvalue weighted by atomic mass is 10.1. The summed E-state index contributed by atoms with van der Waals surface area (Å²) in [7, 11) is 0. The maximum Gasteiger partial charge on any atom is 0.319 e. The van der Waals surface area contributed by atoms with Crippen molar-refractivity contribution in [3.8, 4) is 0 Å². The summed E-state index contributed by atoms with van der Waals surface area (Å²) in [5.41, 5.74) is 1.29. The maximum absolute atomic E-state index is 11.4. The summed E-state index contributed by atoms with van der Waals surface area (Å²) < 4.78 is 5.16. The minimum atomic E-state index is -0.135. The first-order valence-electron chi connectivity index (χ1n) is 6.75. The lowest BCUT2D eigenvalue weighted by Gasteiger charge is -2.06. The summed E-state index contributed by atoms with van der Waals surface area (Å²) in [5, 5.41) is 3.13. The Morgan fingerprint density at radius 1 is 1.28 bits per heavy atom. The number of carbonyl (C=O) groups is 1. The molecule has 0 aliphatic heterocycles. The van der Waals surface area contributed by atoms with E-state index in [1.54, 1.807) is 0 Å². The van der Waals surface area contributed by atoms with Crippen molar-refractivity contribution >= 4 is 5.97 Å². The Balaban J connectivity index is 1.48. The van der Waals surface area contributed by atoms with Crippen molar-refractivity contribution in [3.05, 3.63) is 35.9 Å². The van der Waals surface area contributed by atoms with Gasteiger partial charge in [-0.05, 0) is 43.7 Å². The van der Waals surface area contributed by atoms with E-state index >= 15 is 0 Å². The molecule has 1 fully saturated rings. The number of ether oxygens (including phenoxy) is 1. The van der Waals surface area contributed by atoms with Crippen LogP contribution in [0.5, 0.6) is 0 Å². The van der Waals surface area contributed by atoms with E-state index < -0.39 is 0 Å². The van der Waals surface area contributed by atoms with Gasteiger partial charge in [-0.3, -0.25) is 4.79 Å². The van der Waals surface area contributed by atoms with Crippen molar-refractivity contribution in [1.82, 2.24) is 5.32 Å². The quantitative estimate of drug-likeness (QED) is 0.565. The van der Waals surface area contributed by atoms with Gasteiger partial charge in [0.2, 0.25) is 0 Å². The van der Waals surface area contributed by atoms with Crippen molar-refractivity contribution in [2.45, 2.75) is 25.7 Å². The summed E-state index contributed by atoms with van der Waals surface area (Å²) in [6.45, 7) is 1.82. The molecule has 0 aromatic heterocycles. The molecule has 1 aromatic carbocycles. The van der Waals surface area contributed by atoms with E-state index in [4.69, 9.17) is 4.74 Å². The molecule has 0 spiro atoms. The van der Waals surface area contributed by atoms with Crippen molar-refractivity contribution in [2.75, 3.05) is 19.7 Å². The summed E-state index contributed by atoms with van der Waals surface area (Å²) in [5.74, 6) is 0.666. The van der Waals surface area contributed by atoms with Gasteiger partial charge in [0.05, 0.1) is 13.2 Å². The van der Waals surface area contributed by atoms with Crippen LogP contribution in [-0.4, -0.2) is 25.7 Å². The fraction of sp³-hybridized carbons (Fsp3) is 0.533. The number of carbonyl (C=O) groups excluding carboxylic acids is 1. The Hall–Kier alpha value is -1.35. The molecule has 1 aliphatic carbocycles. The van der Waals surface area contributed by atoms with Crippen LogP contribution in [0.4, 0.5) is 0 Å². The normalized spacial score (nSPS) is 14.4. The topological polar surface area (TPSA) is 38.3 Å². The van der Waals surface area contributed by atoms with Crippen LogP contribution in [-0.2, 0) is 16.0 Å². The van der Waals surface area contributed by atoms with Gasteiger partial charge in [-0.1, -0.05) is 30.3 Å². The van der Waals surface area contributed by atoms with Crippen LogP contribution in [0.25, 0.3) is 0 Å². The molecule has 0 bridgehead atoms. The molecule has 0 unspecified atom stereocenters. The first-order valence-corrected chi connectivity index (χ1v) is 6.75. The Kier molecular flexibility index (Phi) is 5.21. The van der Waals surface area contributed by atoms with Crippen molar-refractivity contribution < 1.29 is 9.53 Å². The molecule has 2 rings (SSSR count). The molecule has 1 saturated carbocycles. The fourth-order valence-corrected chi connectivity index (χ4v) is 1.86. The molecule has 0 amide bonds. The van der Waals surface area contributed by atoms with Gasteiger partial charge in [0.25, 0.3) is 0 Å². The minimum Gasteiger partial charge on any atom is -0.465 e. The SMILES string of the molecule is O=C(CNCC1CC1)OCCCc1ccccc1. The molecule has 3 nitrogen and oxygen atoms in total.